The van der Waals surface area contributed by atoms with Crippen molar-refractivity contribution >= 4 is 28.8 Å². The molecule has 1 aromatic carbocycles. The first-order chi connectivity index (χ1) is 12.6. The van der Waals surface area contributed by atoms with Crippen molar-refractivity contribution < 1.29 is 14.3 Å². The van der Waals surface area contributed by atoms with Crippen LogP contribution in [0.4, 0.5) is 5.69 Å². The monoisotopic (exact) mass is 372 g/mol. The molecule has 0 saturated carbocycles. The van der Waals surface area contributed by atoms with Crippen molar-refractivity contribution in [2.24, 2.45) is 0 Å². The van der Waals surface area contributed by atoms with Gasteiger partial charge >= 0.3 is 0 Å². The maximum absolute atomic E-state index is 12.4. The molecule has 1 saturated heterocycles. The highest BCUT2D eigenvalue weighted by Crippen LogP contribution is 2.24. The number of nitrogens with one attached hydrogen (secondary N) is 1. The third-order valence-corrected chi connectivity index (χ3v) is 5.86. The number of aryl methyl sites for hydroxylation is 2. The fourth-order valence-corrected chi connectivity index (χ4v) is 4.05. The largest absolute Gasteiger partial charge is 0.484 e. The Morgan fingerprint density at radius 2 is 2.00 bits per heavy atom. The first-order valence-corrected chi connectivity index (χ1v) is 9.79. The number of carbonyl (C=O) groups excluding carboxylic acids is 2. The van der Waals surface area contributed by atoms with Gasteiger partial charge in [-0.05, 0) is 49.9 Å². The number of likely N-dealkylation sites (tertiary alicyclic amines) is 1. The molecule has 138 valence electrons. The molecule has 26 heavy (non-hydrogen) atoms. The van der Waals surface area contributed by atoms with Gasteiger partial charge in [0.15, 0.2) is 6.61 Å². The standard InChI is InChI=1S/C20H24N2O3S/c1-3-17-14(2)11-18(26-17)20(24)21-15-7-6-8-16(12-15)25-13-19(23)22-9-4-5-10-22/h6-8,11-12H,3-5,9-10,13H2,1-2H3,(H,21,24). The third kappa shape index (κ3) is 4.43. The fraction of sp³-hybridized carbons (Fsp3) is 0.400. The first-order valence-electron chi connectivity index (χ1n) is 8.98. The second-order valence-corrected chi connectivity index (χ2v) is 7.57. The summed E-state index contributed by atoms with van der Waals surface area (Å²) in [6.45, 7) is 5.78. The molecular weight excluding hydrogens is 348 g/mol. The molecule has 1 aromatic heterocycles. The number of ether oxygens (including phenoxy) is 1. The van der Waals surface area contributed by atoms with E-state index in [0.717, 1.165) is 37.9 Å². The molecule has 1 aliphatic rings. The van der Waals surface area contributed by atoms with E-state index in [1.807, 2.05) is 30.0 Å². The number of thiophene rings is 1. The van der Waals surface area contributed by atoms with Gasteiger partial charge in [-0.2, -0.15) is 0 Å². The van der Waals surface area contributed by atoms with Crippen LogP contribution in [0, 0.1) is 6.92 Å². The van der Waals surface area contributed by atoms with Crippen LogP contribution in [0.5, 0.6) is 5.75 Å². The van der Waals surface area contributed by atoms with Gasteiger partial charge in [-0.3, -0.25) is 9.59 Å². The molecule has 0 radical (unpaired) electrons. The molecule has 6 heteroatoms. The maximum Gasteiger partial charge on any atom is 0.265 e. The van der Waals surface area contributed by atoms with Crippen molar-refractivity contribution in [1.29, 1.82) is 0 Å². The molecule has 0 spiro atoms. The van der Waals surface area contributed by atoms with Gasteiger partial charge in [-0.25, -0.2) is 0 Å². The zero-order valence-corrected chi connectivity index (χ0v) is 16.0. The summed E-state index contributed by atoms with van der Waals surface area (Å²) in [5.41, 5.74) is 1.81. The van der Waals surface area contributed by atoms with Crippen molar-refractivity contribution in [2.45, 2.75) is 33.1 Å². The Morgan fingerprint density at radius 1 is 1.23 bits per heavy atom. The van der Waals surface area contributed by atoms with Gasteiger partial charge in [0.2, 0.25) is 0 Å². The minimum Gasteiger partial charge on any atom is -0.484 e. The summed E-state index contributed by atoms with van der Waals surface area (Å²) in [7, 11) is 0. The summed E-state index contributed by atoms with van der Waals surface area (Å²) >= 11 is 1.53. The van der Waals surface area contributed by atoms with E-state index in [4.69, 9.17) is 4.74 Å². The van der Waals surface area contributed by atoms with E-state index in [0.29, 0.717) is 16.3 Å². The van der Waals surface area contributed by atoms with E-state index < -0.39 is 0 Å². The Bertz CT molecular complexity index is 794. The van der Waals surface area contributed by atoms with Gasteiger partial charge in [0.1, 0.15) is 5.75 Å². The second kappa shape index (κ2) is 8.36. The number of amides is 2. The summed E-state index contributed by atoms with van der Waals surface area (Å²) in [6, 6.07) is 9.08. The number of anilines is 1. The van der Waals surface area contributed by atoms with E-state index in [2.05, 4.69) is 12.2 Å². The van der Waals surface area contributed by atoms with Crippen LogP contribution in [-0.2, 0) is 11.2 Å². The summed E-state index contributed by atoms with van der Waals surface area (Å²) in [4.78, 5) is 28.3. The summed E-state index contributed by atoms with van der Waals surface area (Å²) in [5.74, 6) is 0.466. The molecule has 5 nitrogen and oxygen atoms in total. The van der Waals surface area contributed by atoms with E-state index in [1.165, 1.54) is 16.2 Å². The summed E-state index contributed by atoms with van der Waals surface area (Å²) in [5, 5.41) is 2.90. The number of carbonyl (C=O) groups is 2. The van der Waals surface area contributed by atoms with Gasteiger partial charge in [-0.1, -0.05) is 13.0 Å². The molecule has 2 amide bonds. The van der Waals surface area contributed by atoms with Crippen LogP contribution in [0.3, 0.4) is 0 Å². The molecule has 1 aliphatic heterocycles. The SMILES string of the molecule is CCc1sc(C(=O)Nc2cccc(OCC(=O)N3CCCC3)c2)cc1C. The number of nitrogens with zero attached hydrogens (tertiary/aromatic N) is 1. The average molecular weight is 372 g/mol. The lowest BCUT2D eigenvalue weighted by Crippen LogP contribution is -2.32. The molecule has 0 unspecified atom stereocenters. The number of hydrogen-bond donors (Lipinski definition) is 1. The Morgan fingerprint density at radius 3 is 2.69 bits per heavy atom. The van der Waals surface area contributed by atoms with Gasteiger partial charge < -0.3 is 15.0 Å². The highest BCUT2D eigenvalue weighted by atomic mass is 32.1. The van der Waals surface area contributed by atoms with Crippen LogP contribution in [-0.4, -0.2) is 36.4 Å². The van der Waals surface area contributed by atoms with Gasteiger partial charge in [0.05, 0.1) is 4.88 Å². The van der Waals surface area contributed by atoms with Crippen LogP contribution in [0.15, 0.2) is 30.3 Å². The van der Waals surface area contributed by atoms with E-state index in [9.17, 15) is 9.59 Å². The Kier molecular flexibility index (Phi) is 5.93. The van der Waals surface area contributed by atoms with Crippen LogP contribution in [0.25, 0.3) is 0 Å². The van der Waals surface area contributed by atoms with Crippen molar-refractivity contribution in [3.05, 3.63) is 45.6 Å². The third-order valence-electron chi connectivity index (χ3n) is 4.48. The van der Waals surface area contributed by atoms with Crippen molar-refractivity contribution in [2.75, 3.05) is 25.0 Å². The maximum atomic E-state index is 12.4. The van der Waals surface area contributed by atoms with E-state index in [-0.39, 0.29) is 18.4 Å². The smallest absolute Gasteiger partial charge is 0.265 e. The topological polar surface area (TPSA) is 58.6 Å². The lowest BCUT2D eigenvalue weighted by Gasteiger charge is -2.15. The molecule has 0 bridgehead atoms. The highest BCUT2D eigenvalue weighted by Gasteiger charge is 2.18. The summed E-state index contributed by atoms with van der Waals surface area (Å²) in [6.07, 6.45) is 3.06. The fourth-order valence-electron chi connectivity index (χ4n) is 3.04. The zero-order valence-electron chi connectivity index (χ0n) is 15.2. The predicted molar refractivity (Wildman–Crippen MR) is 104 cm³/mol. The normalized spacial score (nSPS) is 13.7. The molecule has 0 atom stereocenters. The predicted octanol–water partition coefficient (Wildman–Crippen LogP) is 3.87. The Balaban J connectivity index is 1.59. The van der Waals surface area contributed by atoms with Crippen LogP contribution >= 0.6 is 11.3 Å². The molecule has 2 heterocycles. The molecule has 3 rings (SSSR count). The molecule has 2 aromatic rings. The zero-order chi connectivity index (χ0) is 18.5. The molecular formula is C20H24N2O3S. The van der Waals surface area contributed by atoms with Gasteiger partial charge in [-0.15, -0.1) is 11.3 Å². The minimum absolute atomic E-state index is 0.0121. The first kappa shape index (κ1) is 18.5. The van der Waals surface area contributed by atoms with Crippen LogP contribution < -0.4 is 10.1 Å². The second-order valence-electron chi connectivity index (χ2n) is 6.43. The van der Waals surface area contributed by atoms with E-state index in [1.54, 1.807) is 12.1 Å². The van der Waals surface area contributed by atoms with Crippen molar-refractivity contribution in [1.82, 2.24) is 4.90 Å². The lowest BCUT2D eigenvalue weighted by molar-refractivity contribution is -0.132. The van der Waals surface area contributed by atoms with Crippen LogP contribution in [0.1, 0.15) is 39.9 Å². The van der Waals surface area contributed by atoms with Crippen molar-refractivity contribution in [3.63, 3.8) is 0 Å². The molecule has 1 N–H and O–H groups in total. The average Bonchev–Trinajstić information content (AvgIpc) is 3.29. The minimum atomic E-state index is -0.122. The molecule has 0 aliphatic carbocycles. The van der Waals surface area contributed by atoms with Crippen LogP contribution in [0.2, 0.25) is 0 Å². The highest BCUT2D eigenvalue weighted by molar-refractivity contribution is 7.14. The number of hydrogen-bond acceptors (Lipinski definition) is 4. The van der Waals surface area contributed by atoms with Crippen molar-refractivity contribution in [3.8, 4) is 5.75 Å². The summed E-state index contributed by atoms with van der Waals surface area (Å²) < 4.78 is 5.61. The number of rotatable bonds is 6. The lowest BCUT2D eigenvalue weighted by atomic mass is 10.2. The molecule has 1 fully saturated rings. The van der Waals surface area contributed by atoms with Gasteiger partial charge in [0, 0.05) is 29.7 Å². The quantitative estimate of drug-likeness (QED) is 0.837. The Labute approximate surface area is 158 Å². The van der Waals surface area contributed by atoms with E-state index >= 15 is 0 Å². The number of benzene rings is 1. The van der Waals surface area contributed by atoms with Gasteiger partial charge in [0.25, 0.3) is 11.8 Å². The Hall–Kier alpha value is -2.34.